The van der Waals surface area contributed by atoms with Crippen molar-refractivity contribution in [2.45, 2.75) is 24.8 Å². The molecule has 0 aliphatic carbocycles. The van der Waals surface area contributed by atoms with Gasteiger partial charge in [-0.1, -0.05) is 0 Å². The molecule has 100 valence electrons. The van der Waals surface area contributed by atoms with Crippen LogP contribution >= 0.6 is 0 Å². The highest BCUT2D eigenvalue weighted by molar-refractivity contribution is 5.46. The first-order chi connectivity index (χ1) is 8.61. The number of benzene rings is 1. The minimum Gasteiger partial charge on any atom is -0.497 e. The number of methoxy groups -OCH3 is 2. The zero-order valence-electron chi connectivity index (χ0n) is 11.2. The van der Waals surface area contributed by atoms with Crippen molar-refractivity contribution < 1.29 is 14.2 Å². The summed E-state index contributed by atoms with van der Waals surface area (Å²) < 4.78 is 16.2. The van der Waals surface area contributed by atoms with Gasteiger partial charge in [-0.15, -0.1) is 0 Å². The van der Waals surface area contributed by atoms with E-state index < -0.39 is 0 Å². The summed E-state index contributed by atoms with van der Waals surface area (Å²) >= 11 is 0. The highest BCUT2D eigenvalue weighted by atomic mass is 16.5. The Labute approximate surface area is 108 Å². The van der Waals surface area contributed by atoms with Crippen molar-refractivity contribution in [3.05, 3.63) is 23.8 Å². The molecule has 1 saturated heterocycles. The third-order valence-electron chi connectivity index (χ3n) is 3.45. The van der Waals surface area contributed by atoms with Crippen LogP contribution in [0.2, 0.25) is 0 Å². The summed E-state index contributed by atoms with van der Waals surface area (Å²) in [5.41, 5.74) is 7.06. The van der Waals surface area contributed by atoms with Crippen LogP contribution in [0.3, 0.4) is 0 Å². The van der Waals surface area contributed by atoms with Crippen LogP contribution < -0.4 is 15.2 Å². The molecule has 1 aromatic carbocycles. The van der Waals surface area contributed by atoms with Crippen molar-refractivity contribution in [3.63, 3.8) is 0 Å². The van der Waals surface area contributed by atoms with Gasteiger partial charge in [0.25, 0.3) is 0 Å². The van der Waals surface area contributed by atoms with Gasteiger partial charge >= 0.3 is 0 Å². The second-order valence-electron chi connectivity index (χ2n) is 5.02. The molecule has 1 unspecified atom stereocenters. The first-order valence-corrected chi connectivity index (χ1v) is 6.17. The highest BCUT2D eigenvalue weighted by Gasteiger charge is 2.43. The predicted molar refractivity (Wildman–Crippen MR) is 70.3 cm³/mol. The van der Waals surface area contributed by atoms with Crippen molar-refractivity contribution in [2.75, 3.05) is 27.4 Å². The average Bonchev–Trinajstić information content (AvgIpc) is 2.32. The number of rotatable bonds is 5. The molecule has 1 aromatic rings. The molecule has 1 aliphatic rings. The van der Waals surface area contributed by atoms with Crippen molar-refractivity contribution in [2.24, 2.45) is 5.73 Å². The Bertz CT molecular complexity index is 414. The Hall–Kier alpha value is -1.26. The van der Waals surface area contributed by atoms with Gasteiger partial charge in [-0.3, -0.25) is 0 Å². The van der Waals surface area contributed by atoms with Crippen LogP contribution in [-0.2, 0) is 10.2 Å². The summed E-state index contributed by atoms with van der Waals surface area (Å²) in [7, 11) is 3.35. The second-order valence-corrected chi connectivity index (χ2v) is 5.02. The quantitative estimate of drug-likeness (QED) is 0.865. The molecule has 0 saturated carbocycles. The van der Waals surface area contributed by atoms with Crippen LogP contribution in [0.5, 0.6) is 11.5 Å². The minimum absolute atomic E-state index is 0.0337. The molecule has 2 N–H and O–H groups in total. The molecule has 1 aliphatic heterocycles. The third-order valence-corrected chi connectivity index (χ3v) is 3.45. The molecule has 4 heteroatoms. The standard InChI is InChI=1S/C14H21NO3/c1-10(15)7-14(8-18-9-14)12-6-11(16-2)4-5-13(12)17-3/h4-6,10H,7-9,15H2,1-3H3. The predicted octanol–water partition coefficient (Wildman–Crippen LogP) is 1.71. The fraction of sp³-hybridized carbons (Fsp3) is 0.571. The highest BCUT2D eigenvalue weighted by Crippen LogP contribution is 2.42. The van der Waals surface area contributed by atoms with Gasteiger partial charge in [0.2, 0.25) is 0 Å². The van der Waals surface area contributed by atoms with Crippen molar-refractivity contribution >= 4 is 0 Å². The van der Waals surface area contributed by atoms with Gasteiger partial charge in [0.05, 0.1) is 27.4 Å². The Kier molecular flexibility index (Phi) is 3.78. The molecule has 0 bridgehead atoms. The van der Waals surface area contributed by atoms with Crippen LogP contribution in [0.1, 0.15) is 18.9 Å². The Morgan fingerprint density at radius 1 is 1.33 bits per heavy atom. The van der Waals surface area contributed by atoms with E-state index in [1.165, 1.54) is 0 Å². The van der Waals surface area contributed by atoms with Crippen LogP contribution in [0, 0.1) is 0 Å². The zero-order chi connectivity index (χ0) is 13.2. The summed E-state index contributed by atoms with van der Waals surface area (Å²) in [6.07, 6.45) is 0.885. The van der Waals surface area contributed by atoms with Crippen molar-refractivity contribution in [1.29, 1.82) is 0 Å². The van der Waals surface area contributed by atoms with E-state index in [1.54, 1.807) is 14.2 Å². The third kappa shape index (κ3) is 2.31. The zero-order valence-corrected chi connectivity index (χ0v) is 11.2. The summed E-state index contributed by atoms with van der Waals surface area (Å²) in [6.45, 7) is 3.41. The first-order valence-electron chi connectivity index (χ1n) is 6.17. The van der Waals surface area contributed by atoms with Crippen molar-refractivity contribution in [1.82, 2.24) is 0 Å². The lowest BCUT2D eigenvalue weighted by Gasteiger charge is -2.43. The summed E-state index contributed by atoms with van der Waals surface area (Å²) in [5, 5.41) is 0. The van der Waals surface area contributed by atoms with E-state index >= 15 is 0 Å². The van der Waals surface area contributed by atoms with Gasteiger partial charge in [0, 0.05) is 17.0 Å². The molecule has 18 heavy (non-hydrogen) atoms. The van der Waals surface area contributed by atoms with E-state index in [-0.39, 0.29) is 11.5 Å². The molecule has 2 rings (SSSR count). The van der Waals surface area contributed by atoms with E-state index in [0.29, 0.717) is 13.2 Å². The summed E-state index contributed by atoms with van der Waals surface area (Å²) in [4.78, 5) is 0. The number of hydrogen-bond acceptors (Lipinski definition) is 4. The fourth-order valence-corrected chi connectivity index (χ4v) is 2.58. The SMILES string of the molecule is COc1ccc(OC)c(C2(CC(C)N)COC2)c1. The van der Waals surface area contributed by atoms with Gasteiger partial charge in [-0.2, -0.15) is 0 Å². The van der Waals surface area contributed by atoms with Crippen LogP contribution in [0.15, 0.2) is 18.2 Å². The molecule has 1 atom stereocenters. The maximum absolute atomic E-state index is 5.96. The van der Waals surface area contributed by atoms with Gasteiger partial charge < -0.3 is 19.9 Å². The Morgan fingerprint density at radius 3 is 2.50 bits per heavy atom. The van der Waals surface area contributed by atoms with E-state index in [9.17, 15) is 0 Å². The van der Waals surface area contributed by atoms with Gasteiger partial charge in [0.15, 0.2) is 0 Å². The maximum Gasteiger partial charge on any atom is 0.123 e. The topological polar surface area (TPSA) is 53.7 Å². The number of ether oxygens (including phenoxy) is 3. The smallest absolute Gasteiger partial charge is 0.123 e. The molecule has 0 amide bonds. The van der Waals surface area contributed by atoms with Gasteiger partial charge in [-0.05, 0) is 31.5 Å². The molecule has 0 aromatic heterocycles. The normalized spacial score (nSPS) is 18.9. The van der Waals surface area contributed by atoms with Crippen molar-refractivity contribution in [3.8, 4) is 11.5 Å². The van der Waals surface area contributed by atoms with Crippen LogP contribution in [0.25, 0.3) is 0 Å². The van der Waals surface area contributed by atoms with E-state index in [1.807, 2.05) is 25.1 Å². The molecular weight excluding hydrogens is 230 g/mol. The first kappa shape index (κ1) is 13.2. The molecule has 0 spiro atoms. The van der Waals surface area contributed by atoms with Crippen LogP contribution in [0.4, 0.5) is 0 Å². The number of nitrogens with two attached hydrogens (primary N) is 1. The Balaban J connectivity index is 2.39. The maximum atomic E-state index is 5.96. The van der Waals surface area contributed by atoms with E-state index in [0.717, 1.165) is 23.5 Å². The van der Waals surface area contributed by atoms with E-state index in [2.05, 4.69) is 0 Å². The Morgan fingerprint density at radius 2 is 2.06 bits per heavy atom. The molecular formula is C14H21NO3. The summed E-state index contributed by atoms with van der Waals surface area (Å²) in [5.74, 6) is 1.71. The lowest BCUT2D eigenvalue weighted by Crippen LogP contribution is -2.49. The summed E-state index contributed by atoms with van der Waals surface area (Å²) in [6, 6.07) is 6.01. The lowest BCUT2D eigenvalue weighted by molar-refractivity contribution is -0.0674. The number of hydrogen-bond donors (Lipinski definition) is 1. The van der Waals surface area contributed by atoms with Crippen LogP contribution in [-0.4, -0.2) is 33.5 Å². The van der Waals surface area contributed by atoms with Gasteiger partial charge in [0.1, 0.15) is 11.5 Å². The molecule has 0 radical (unpaired) electrons. The van der Waals surface area contributed by atoms with Gasteiger partial charge in [-0.25, -0.2) is 0 Å². The second kappa shape index (κ2) is 5.16. The van der Waals surface area contributed by atoms with E-state index in [4.69, 9.17) is 19.9 Å². The monoisotopic (exact) mass is 251 g/mol. The average molecular weight is 251 g/mol. The largest absolute Gasteiger partial charge is 0.497 e. The molecule has 4 nitrogen and oxygen atoms in total. The fourth-order valence-electron chi connectivity index (χ4n) is 2.58. The molecule has 1 heterocycles. The molecule has 1 fully saturated rings. The minimum atomic E-state index is -0.0337. The lowest BCUT2D eigenvalue weighted by atomic mass is 9.73.